The molecule has 0 aromatic heterocycles. The number of nitrogens with two attached hydrogens (primary N) is 2. The van der Waals surface area contributed by atoms with Gasteiger partial charge in [0.2, 0.25) is 0 Å². The van der Waals surface area contributed by atoms with Crippen LogP contribution in [-0.2, 0) is 14.4 Å². The summed E-state index contributed by atoms with van der Waals surface area (Å²) in [5.74, 6) is 7.49. The maximum absolute atomic E-state index is 10.8. The average molecular weight is 203 g/mol. The van der Waals surface area contributed by atoms with E-state index in [0.29, 0.717) is 0 Å². The fourth-order valence-corrected chi connectivity index (χ4v) is 0.688. The molecule has 14 heavy (non-hydrogen) atoms. The summed E-state index contributed by atoms with van der Waals surface area (Å²) in [7, 11) is 0. The Hall–Kier alpha value is -1.90. The molecule has 0 saturated heterocycles. The molecule has 0 aromatic carbocycles. The standard InChI is InChI=1S/C5H9N5O4/c6-10-8-3(5(12)14-7)1-2-4(11)9-13/h3H,1-2,7H2,(H2,6,8)/t3-/m0/s1. The van der Waals surface area contributed by atoms with Crippen LogP contribution in [0.25, 0.3) is 0 Å². The van der Waals surface area contributed by atoms with Crippen molar-refractivity contribution >= 4 is 11.9 Å². The van der Waals surface area contributed by atoms with E-state index in [9.17, 15) is 14.5 Å². The molecule has 0 aromatic rings. The minimum absolute atomic E-state index is 0.0820. The van der Waals surface area contributed by atoms with Crippen molar-refractivity contribution in [3.8, 4) is 0 Å². The zero-order valence-corrected chi connectivity index (χ0v) is 7.12. The lowest BCUT2D eigenvalue weighted by molar-refractivity contribution is -0.146. The third kappa shape index (κ3) is 4.21. The third-order valence-corrected chi connectivity index (χ3v) is 1.33. The van der Waals surface area contributed by atoms with Gasteiger partial charge in [0.1, 0.15) is 0 Å². The highest BCUT2D eigenvalue weighted by molar-refractivity contribution is 5.79. The second-order valence-corrected chi connectivity index (χ2v) is 2.21. The van der Waals surface area contributed by atoms with Crippen LogP contribution in [0.3, 0.4) is 0 Å². The summed E-state index contributed by atoms with van der Waals surface area (Å²) in [5, 5.41) is 8.24. The highest BCUT2D eigenvalue weighted by Crippen LogP contribution is 2.05. The van der Waals surface area contributed by atoms with Crippen LogP contribution in [0.4, 0.5) is 0 Å². The molecule has 4 N–H and O–H groups in total. The van der Waals surface area contributed by atoms with Crippen molar-refractivity contribution in [2.75, 3.05) is 0 Å². The van der Waals surface area contributed by atoms with Crippen LogP contribution in [-0.4, -0.2) is 17.9 Å². The third-order valence-electron chi connectivity index (χ3n) is 1.33. The Morgan fingerprint density at radius 2 is 2.07 bits per heavy atom. The number of rotatable bonds is 5. The van der Waals surface area contributed by atoms with Crippen molar-refractivity contribution < 1.29 is 14.4 Å². The second kappa shape index (κ2) is 6.60. The fraction of sp³-hybridized carbons (Fsp3) is 0.600. The summed E-state index contributed by atoms with van der Waals surface area (Å²) in [4.78, 5) is 34.8. The lowest BCUT2D eigenvalue weighted by atomic mass is 10.1. The first kappa shape index (κ1) is 12.1. The Balaban J connectivity index is 4.16. The number of hydrogen-bond acceptors (Lipinski definition) is 7. The van der Waals surface area contributed by atoms with Gasteiger partial charge in [0.15, 0.2) is 6.04 Å². The van der Waals surface area contributed by atoms with E-state index in [1.54, 1.807) is 0 Å². The number of carbonyl (C=O) groups excluding carboxylic acids is 2. The molecule has 0 fully saturated rings. The molecule has 0 aliphatic rings. The Bertz CT molecular complexity index is 253. The van der Waals surface area contributed by atoms with Gasteiger partial charge < -0.3 is 10.7 Å². The molecule has 0 saturated carbocycles. The normalized spacial score (nSPS) is 12.4. The summed E-state index contributed by atoms with van der Waals surface area (Å²) >= 11 is 0. The number of hydrogen-bond donors (Lipinski definition) is 2. The maximum Gasteiger partial charge on any atom is 0.351 e. The fourth-order valence-electron chi connectivity index (χ4n) is 0.688. The number of amides is 1. The molecule has 78 valence electrons. The van der Waals surface area contributed by atoms with Crippen LogP contribution in [0, 0.1) is 4.91 Å². The van der Waals surface area contributed by atoms with E-state index in [2.05, 4.69) is 26.2 Å². The number of carbonyl (C=O) groups is 2. The Kier molecular flexibility index (Phi) is 5.70. The van der Waals surface area contributed by atoms with Gasteiger partial charge in [0, 0.05) is 11.6 Å². The van der Waals surface area contributed by atoms with Crippen molar-refractivity contribution in [1.82, 2.24) is 0 Å². The van der Waals surface area contributed by atoms with E-state index in [4.69, 9.17) is 5.84 Å². The van der Waals surface area contributed by atoms with E-state index in [0.717, 1.165) is 0 Å². The van der Waals surface area contributed by atoms with Gasteiger partial charge >= 0.3 is 5.97 Å². The van der Waals surface area contributed by atoms with Gasteiger partial charge in [0.25, 0.3) is 5.91 Å². The Morgan fingerprint density at radius 1 is 1.43 bits per heavy atom. The first-order valence-corrected chi connectivity index (χ1v) is 3.52. The summed E-state index contributed by atoms with van der Waals surface area (Å²) in [6.07, 6.45) is -0.330. The first-order chi connectivity index (χ1) is 6.65. The molecule has 0 heterocycles. The smallest absolute Gasteiger partial charge is 0.351 e. The van der Waals surface area contributed by atoms with Crippen molar-refractivity contribution in [2.45, 2.75) is 18.9 Å². The van der Waals surface area contributed by atoms with Crippen molar-refractivity contribution in [3.05, 3.63) is 4.91 Å². The number of nitroso groups, excluding NO2 is 1. The molecule has 1 amide bonds. The molecule has 0 aliphatic carbocycles. The maximum atomic E-state index is 10.8. The van der Waals surface area contributed by atoms with Gasteiger partial charge in [-0.05, 0) is 6.42 Å². The lowest BCUT2D eigenvalue weighted by Crippen LogP contribution is -2.25. The Morgan fingerprint density at radius 3 is 2.50 bits per heavy atom. The van der Waals surface area contributed by atoms with E-state index in [1.165, 1.54) is 0 Å². The summed E-state index contributed by atoms with van der Waals surface area (Å²) in [5.41, 5.74) is 0. The number of nitrogens with zero attached hydrogens (tertiary/aromatic N) is 3. The van der Waals surface area contributed by atoms with Gasteiger partial charge in [-0.3, -0.25) is 4.79 Å². The van der Waals surface area contributed by atoms with Crippen LogP contribution in [0.2, 0.25) is 0 Å². The minimum atomic E-state index is -1.09. The molecular weight excluding hydrogens is 194 g/mol. The van der Waals surface area contributed by atoms with E-state index < -0.39 is 17.9 Å². The predicted octanol–water partition coefficient (Wildman–Crippen LogP) is -0.829. The van der Waals surface area contributed by atoms with Crippen LogP contribution in [0.5, 0.6) is 0 Å². The molecule has 9 nitrogen and oxygen atoms in total. The summed E-state index contributed by atoms with van der Waals surface area (Å²) in [6.45, 7) is 0. The molecule has 0 unspecified atom stereocenters. The first-order valence-electron chi connectivity index (χ1n) is 3.52. The molecule has 0 rings (SSSR count). The highest BCUT2D eigenvalue weighted by Gasteiger charge is 2.20. The van der Waals surface area contributed by atoms with Crippen molar-refractivity contribution in [2.24, 2.45) is 27.3 Å². The van der Waals surface area contributed by atoms with Crippen LogP contribution in [0.1, 0.15) is 12.8 Å². The molecular formula is C5H9N5O4. The van der Waals surface area contributed by atoms with Crippen LogP contribution >= 0.6 is 0 Å². The van der Waals surface area contributed by atoms with Crippen LogP contribution in [0.15, 0.2) is 15.5 Å². The van der Waals surface area contributed by atoms with E-state index in [-0.39, 0.29) is 12.8 Å². The lowest BCUT2D eigenvalue weighted by Gasteiger charge is -2.04. The molecule has 0 spiro atoms. The minimum Gasteiger partial charge on any atom is -0.372 e. The zero-order chi connectivity index (χ0) is 11.0. The topological polar surface area (TPSA) is 150 Å². The van der Waals surface area contributed by atoms with Gasteiger partial charge in [-0.1, -0.05) is 5.22 Å². The molecule has 9 heteroatoms. The largest absolute Gasteiger partial charge is 0.372 e. The quantitative estimate of drug-likeness (QED) is 0.257. The van der Waals surface area contributed by atoms with Gasteiger partial charge in [0.05, 0.1) is 0 Å². The average Bonchev–Trinajstić information content (AvgIpc) is 2.22. The molecule has 0 bridgehead atoms. The Labute approximate surface area is 78.4 Å². The SMILES string of the molecule is NN=N[C@@H](CCC(=O)N=O)C(=O)ON. The van der Waals surface area contributed by atoms with Gasteiger partial charge in [-0.25, -0.2) is 4.79 Å². The van der Waals surface area contributed by atoms with Crippen molar-refractivity contribution in [1.29, 1.82) is 0 Å². The van der Waals surface area contributed by atoms with Gasteiger partial charge in [-0.2, -0.15) is 11.0 Å². The zero-order valence-electron chi connectivity index (χ0n) is 7.12. The molecule has 0 radical (unpaired) electrons. The summed E-state index contributed by atoms with van der Waals surface area (Å²) < 4.78 is 0. The monoisotopic (exact) mass is 203 g/mol. The van der Waals surface area contributed by atoms with Crippen LogP contribution < -0.4 is 11.7 Å². The highest BCUT2D eigenvalue weighted by atomic mass is 16.7. The van der Waals surface area contributed by atoms with Crippen molar-refractivity contribution in [3.63, 3.8) is 0 Å². The van der Waals surface area contributed by atoms with Gasteiger partial charge in [-0.15, -0.1) is 4.91 Å². The predicted molar refractivity (Wildman–Crippen MR) is 43.1 cm³/mol. The molecule has 0 aliphatic heterocycles. The second-order valence-electron chi connectivity index (χ2n) is 2.21. The van der Waals surface area contributed by atoms with E-state index in [1.807, 2.05) is 0 Å². The van der Waals surface area contributed by atoms with E-state index >= 15 is 0 Å². The molecule has 1 atom stereocenters. The summed E-state index contributed by atoms with van der Waals surface area (Å²) in [6, 6.07) is -1.09.